The minimum absolute atomic E-state index is 0.0583. The molecule has 0 bridgehead atoms. The van der Waals surface area contributed by atoms with Crippen LogP contribution in [0.3, 0.4) is 0 Å². The first-order valence-electron chi connectivity index (χ1n) is 9.65. The smallest absolute Gasteiger partial charge is 0.266 e. The molecule has 2 aliphatic rings. The molecule has 0 spiro atoms. The molecule has 1 aromatic carbocycles. The number of nitrogens with zero attached hydrogens (tertiary/aromatic N) is 2. The van der Waals surface area contributed by atoms with Crippen molar-refractivity contribution in [3.8, 4) is 0 Å². The second-order valence-electron chi connectivity index (χ2n) is 8.67. The Morgan fingerprint density at radius 2 is 2.13 bits per heavy atom. The first kappa shape index (κ1) is 22.1. The van der Waals surface area contributed by atoms with Crippen molar-refractivity contribution in [1.29, 1.82) is 0 Å². The molecule has 30 heavy (non-hydrogen) atoms. The zero-order chi connectivity index (χ0) is 21.7. The molecule has 0 saturated carbocycles. The first-order valence-corrected chi connectivity index (χ1v) is 12.7. The molecule has 6 nitrogen and oxygen atoms in total. The fourth-order valence-corrected chi connectivity index (χ4v) is 6.92. The minimum Gasteiger partial charge on any atom is -0.383 e. The average Bonchev–Trinajstić information content (AvgIpc) is 3.29. The standard InChI is InChI=1S/C19H23Cl2FN4O2S2/c1-19(2)7-15-11(3-4-26(15)10-19)8-23-14-6-13(22)16(5-12(14)20)30(27,28)25-18-24-9-17(21)29-18/h5-6,9,11,15,23H,3-4,7-8,10H2,1-2H3,(H,24,25)/t11-,15?/m0/s1. The predicted molar refractivity (Wildman–Crippen MR) is 120 cm³/mol. The van der Waals surface area contributed by atoms with Gasteiger partial charge in [-0.1, -0.05) is 48.4 Å². The van der Waals surface area contributed by atoms with Crippen molar-refractivity contribution in [3.63, 3.8) is 0 Å². The van der Waals surface area contributed by atoms with Crippen LogP contribution < -0.4 is 10.0 Å². The molecular weight excluding hydrogens is 470 g/mol. The van der Waals surface area contributed by atoms with Gasteiger partial charge in [-0.05, 0) is 42.9 Å². The Labute approximate surface area is 189 Å². The average molecular weight is 493 g/mol. The zero-order valence-electron chi connectivity index (χ0n) is 16.6. The summed E-state index contributed by atoms with van der Waals surface area (Å²) >= 11 is 13.0. The van der Waals surface area contributed by atoms with Crippen molar-refractivity contribution in [2.24, 2.45) is 11.3 Å². The maximum atomic E-state index is 14.7. The lowest BCUT2D eigenvalue weighted by Crippen LogP contribution is -2.29. The van der Waals surface area contributed by atoms with E-state index >= 15 is 0 Å². The normalized spacial score (nSPS) is 23.5. The number of fused-ring (bicyclic) bond motifs is 1. The third-order valence-electron chi connectivity index (χ3n) is 5.76. The van der Waals surface area contributed by atoms with Crippen LogP contribution in [0, 0.1) is 17.2 Å². The van der Waals surface area contributed by atoms with Crippen LogP contribution in [-0.4, -0.2) is 44.0 Å². The van der Waals surface area contributed by atoms with Gasteiger partial charge in [0.15, 0.2) is 5.13 Å². The lowest BCUT2D eigenvalue weighted by Gasteiger charge is -2.22. The van der Waals surface area contributed by atoms with Crippen molar-refractivity contribution in [2.75, 3.05) is 29.7 Å². The highest BCUT2D eigenvalue weighted by atomic mass is 35.5. The molecule has 0 radical (unpaired) electrons. The maximum Gasteiger partial charge on any atom is 0.266 e. The summed E-state index contributed by atoms with van der Waals surface area (Å²) in [4.78, 5) is 5.83. The number of hydrogen-bond acceptors (Lipinski definition) is 6. The Hall–Kier alpha value is -1.13. The molecule has 0 amide bonds. The van der Waals surface area contributed by atoms with Crippen molar-refractivity contribution < 1.29 is 12.8 Å². The molecule has 0 aliphatic carbocycles. The molecule has 3 heterocycles. The molecule has 4 rings (SSSR count). The Morgan fingerprint density at radius 3 is 2.83 bits per heavy atom. The van der Waals surface area contributed by atoms with Crippen molar-refractivity contribution in [2.45, 2.75) is 37.6 Å². The van der Waals surface area contributed by atoms with Gasteiger partial charge < -0.3 is 5.32 Å². The van der Waals surface area contributed by atoms with E-state index < -0.39 is 20.7 Å². The zero-order valence-corrected chi connectivity index (χ0v) is 19.7. The van der Waals surface area contributed by atoms with Gasteiger partial charge in [0.25, 0.3) is 10.0 Å². The van der Waals surface area contributed by atoms with E-state index in [-0.39, 0.29) is 10.2 Å². The molecule has 2 aromatic rings. The van der Waals surface area contributed by atoms with Crippen LogP contribution in [-0.2, 0) is 10.0 Å². The van der Waals surface area contributed by atoms with Gasteiger partial charge in [0.1, 0.15) is 15.0 Å². The summed E-state index contributed by atoms with van der Waals surface area (Å²) in [5.74, 6) is -0.433. The van der Waals surface area contributed by atoms with Gasteiger partial charge >= 0.3 is 0 Å². The number of anilines is 2. The second-order valence-corrected chi connectivity index (χ2v) is 12.4. The van der Waals surface area contributed by atoms with Gasteiger partial charge in [-0.3, -0.25) is 9.62 Å². The van der Waals surface area contributed by atoms with E-state index in [9.17, 15) is 12.8 Å². The Kier molecular flexibility index (Phi) is 5.95. The third kappa shape index (κ3) is 4.55. The summed E-state index contributed by atoms with van der Waals surface area (Å²) in [6.07, 6.45) is 3.54. The summed E-state index contributed by atoms with van der Waals surface area (Å²) in [7, 11) is -4.18. The Bertz CT molecular complexity index is 1060. The van der Waals surface area contributed by atoms with Crippen LogP contribution in [0.5, 0.6) is 0 Å². The van der Waals surface area contributed by atoms with E-state index in [1.165, 1.54) is 6.20 Å². The first-order chi connectivity index (χ1) is 14.0. The molecule has 2 fully saturated rings. The summed E-state index contributed by atoms with van der Waals surface area (Å²) in [6.45, 7) is 7.42. The second kappa shape index (κ2) is 8.09. The fraction of sp³-hybridized carbons (Fsp3) is 0.526. The highest BCUT2D eigenvalue weighted by Gasteiger charge is 2.44. The molecule has 1 aromatic heterocycles. The number of sulfonamides is 1. The largest absolute Gasteiger partial charge is 0.383 e. The van der Waals surface area contributed by atoms with E-state index in [0.717, 1.165) is 49.4 Å². The van der Waals surface area contributed by atoms with Gasteiger partial charge in [-0.2, -0.15) is 0 Å². The summed E-state index contributed by atoms with van der Waals surface area (Å²) < 4.78 is 42.3. The van der Waals surface area contributed by atoms with E-state index in [4.69, 9.17) is 23.2 Å². The number of benzene rings is 1. The maximum absolute atomic E-state index is 14.7. The molecule has 2 aliphatic heterocycles. The highest BCUT2D eigenvalue weighted by Crippen LogP contribution is 2.42. The van der Waals surface area contributed by atoms with Crippen LogP contribution in [0.4, 0.5) is 15.2 Å². The molecular formula is C19H23Cl2FN4O2S2. The van der Waals surface area contributed by atoms with Crippen LogP contribution in [0.15, 0.2) is 23.2 Å². The lowest BCUT2D eigenvalue weighted by molar-refractivity contribution is 0.285. The van der Waals surface area contributed by atoms with E-state index in [1.807, 2.05) is 0 Å². The highest BCUT2D eigenvalue weighted by molar-refractivity contribution is 7.93. The van der Waals surface area contributed by atoms with Gasteiger partial charge in [0, 0.05) is 19.1 Å². The van der Waals surface area contributed by atoms with Crippen LogP contribution in [0.25, 0.3) is 0 Å². The van der Waals surface area contributed by atoms with Gasteiger partial charge in [-0.25, -0.2) is 17.8 Å². The molecule has 2 saturated heterocycles. The van der Waals surface area contributed by atoms with Crippen molar-refractivity contribution in [1.82, 2.24) is 9.88 Å². The SMILES string of the molecule is CC1(C)CC2[C@H](CNc3cc(F)c(S(=O)(=O)Nc4ncc(Cl)s4)cc3Cl)CCN2C1. The number of aromatic nitrogens is 1. The topological polar surface area (TPSA) is 74.3 Å². The Balaban J connectivity index is 1.46. The lowest BCUT2D eigenvalue weighted by atomic mass is 9.86. The van der Waals surface area contributed by atoms with E-state index in [2.05, 4.69) is 33.8 Å². The van der Waals surface area contributed by atoms with Gasteiger partial charge in [-0.15, -0.1) is 0 Å². The minimum atomic E-state index is -4.18. The monoisotopic (exact) mass is 492 g/mol. The summed E-state index contributed by atoms with van der Waals surface area (Å²) in [5.41, 5.74) is 0.707. The fourth-order valence-electron chi connectivity index (χ4n) is 4.48. The summed E-state index contributed by atoms with van der Waals surface area (Å²) in [6, 6.07) is 2.78. The third-order valence-corrected chi connectivity index (χ3v) is 8.58. The van der Waals surface area contributed by atoms with E-state index in [1.54, 1.807) is 0 Å². The van der Waals surface area contributed by atoms with Crippen LogP contribution in [0.1, 0.15) is 26.7 Å². The van der Waals surface area contributed by atoms with E-state index in [0.29, 0.717) is 33.9 Å². The molecule has 2 atom stereocenters. The van der Waals surface area contributed by atoms with Gasteiger partial charge in [0.2, 0.25) is 0 Å². The quantitative estimate of drug-likeness (QED) is 0.598. The molecule has 11 heteroatoms. The molecule has 1 unspecified atom stereocenters. The number of halogens is 3. The van der Waals surface area contributed by atoms with Crippen LogP contribution >= 0.6 is 34.5 Å². The molecule has 2 N–H and O–H groups in total. The van der Waals surface area contributed by atoms with Crippen molar-refractivity contribution in [3.05, 3.63) is 33.5 Å². The molecule has 164 valence electrons. The Morgan fingerprint density at radius 1 is 1.37 bits per heavy atom. The number of nitrogens with one attached hydrogen (secondary N) is 2. The number of rotatable bonds is 6. The number of thiazole rings is 1. The predicted octanol–water partition coefficient (Wildman–Crippen LogP) is 4.92. The van der Waals surface area contributed by atoms with Gasteiger partial charge in [0.05, 0.1) is 16.9 Å². The number of hydrogen-bond donors (Lipinski definition) is 2. The van der Waals surface area contributed by atoms with Crippen LogP contribution in [0.2, 0.25) is 9.36 Å². The summed E-state index contributed by atoms with van der Waals surface area (Å²) in [5, 5.41) is 3.43. The van der Waals surface area contributed by atoms with Crippen molar-refractivity contribution >= 4 is 55.4 Å².